The highest BCUT2D eigenvalue weighted by Gasteiger charge is 2.14. The molecule has 0 bridgehead atoms. The molecule has 2 N–H and O–H groups in total. The van der Waals surface area contributed by atoms with Crippen LogP contribution >= 0.6 is 48.4 Å². The first kappa shape index (κ1) is 57.2. The summed E-state index contributed by atoms with van der Waals surface area (Å²) in [6.07, 6.45) is 57.2. The molecule has 0 spiro atoms. The van der Waals surface area contributed by atoms with E-state index >= 15 is 0 Å². The van der Waals surface area contributed by atoms with Crippen LogP contribution in [0.25, 0.3) is 0 Å². The van der Waals surface area contributed by atoms with Gasteiger partial charge in [0.15, 0.2) is 0 Å². The average Bonchev–Trinajstić information content (AvgIpc) is 3.21. The molecule has 0 aliphatic rings. The zero-order valence-corrected chi connectivity index (χ0v) is 42.1. The Hall–Kier alpha value is 0.220. The molecule has 0 aliphatic carbocycles. The highest BCUT2D eigenvalue weighted by Crippen LogP contribution is 2.20. The Morgan fingerprint density at radius 2 is 0.526 bits per heavy atom. The van der Waals surface area contributed by atoms with Crippen molar-refractivity contribution in [2.24, 2.45) is 0 Å². The van der Waals surface area contributed by atoms with E-state index in [1.54, 1.807) is 0 Å². The molecule has 0 aromatic rings. The van der Waals surface area contributed by atoms with Gasteiger partial charge in [-0.1, -0.05) is 289 Å². The number of nitrogens with one attached hydrogen (secondary N) is 2. The highest BCUT2D eigenvalue weighted by atomic mass is 32.2. The molecule has 0 unspecified atom stereocenters. The summed E-state index contributed by atoms with van der Waals surface area (Å²) < 4.78 is 1.16. The van der Waals surface area contributed by atoms with Crippen molar-refractivity contribution < 1.29 is 0 Å². The van der Waals surface area contributed by atoms with Crippen molar-refractivity contribution in [3.63, 3.8) is 0 Å². The van der Waals surface area contributed by atoms with Gasteiger partial charge < -0.3 is 10.6 Å². The molecule has 0 saturated carbocycles. The molecule has 0 aliphatic heterocycles. The molecule has 0 aromatic carbocycles. The Morgan fingerprint density at radius 3 is 0.772 bits per heavy atom. The van der Waals surface area contributed by atoms with Crippen LogP contribution in [0.1, 0.15) is 290 Å². The molecule has 0 rings (SSSR count). The van der Waals surface area contributed by atoms with Crippen LogP contribution in [0.5, 0.6) is 0 Å². The molecule has 2 nitrogen and oxygen atoms in total. The highest BCUT2D eigenvalue weighted by molar-refractivity contribution is 8.23. The van der Waals surface area contributed by atoms with Crippen molar-refractivity contribution in [2.75, 3.05) is 13.1 Å². The molecule has 0 atom stereocenters. The summed E-state index contributed by atoms with van der Waals surface area (Å²) >= 11 is 19.5. The minimum absolute atomic E-state index is 0.355. The van der Waals surface area contributed by atoms with Gasteiger partial charge in [-0.15, -0.1) is 11.8 Å². The molecule has 0 saturated heterocycles. The minimum atomic E-state index is 0.355. The van der Waals surface area contributed by atoms with Gasteiger partial charge in [0.2, 0.25) is 0 Å². The lowest BCUT2D eigenvalue weighted by Gasteiger charge is -2.20. The predicted octanol–water partition coefficient (Wildman–Crippen LogP) is 18.7. The first-order valence-corrected chi connectivity index (χ1v) is 27.9. The van der Waals surface area contributed by atoms with Gasteiger partial charge in [0.25, 0.3) is 0 Å². The van der Waals surface area contributed by atoms with E-state index in [-0.39, 0.29) is 0 Å². The molecule has 57 heavy (non-hydrogen) atoms. The van der Waals surface area contributed by atoms with Gasteiger partial charge in [-0.2, -0.15) is 0 Å². The topological polar surface area (TPSA) is 24.1 Å². The van der Waals surface area contributed by atoms with Crippen LogP contribution < -0.4 is 10.6 Å². The lowest BCUT2D eigenvalue weighted by molar-refractivity contribution is 0.540. The number of thioether (sulfide) groups is 1. The molecule has 338 valence electrons. The fourth-order valence-electron chi connectivity index (χ4n) is 7.93. The van der Waals surface area contributed by atoms with Crippen LogP contribution in [0.15, 0.2) is 0 Å². The van der Waals surface area contributed by atoms with Crippen LogP contribution in [-0.4, -0.2) is 32.5 Å². The molecular weight excluding hydrogens is 769 g/mol. The zero-order valence-electron chi connectivity index (χ0n) is 38.8. The van der Waals surface area contributed by atoms with Crippen molar-refractivity contribution in [3.8, 4) is 0 Å². The third-order valence-corrected chi connectivity index (χ3v) is 14.2. The SMILES string of the molecule is CCCCCCCCCCCCCCCC(=S)NCC(CNC(=S)CCCCCCCCCCCCCCC)SC(=S)CCCCCCCCCCCCCCC. The van der Waals surface area contributed by atoms with Crippen molar-refractivity contribution in [2.45, 2.75) is 296 Å². The second-order valence-electron chi connectivity index (χ2n) is 17.7. The summed E-state index contributed by atoms with van der Waals surface area (Å²) in [4.78, 5) is 2.06. The lowest BCUT2D eigenvalue weighted by Crippen LogP contribution is -2.38. The van der Waals surface area contributed by atoms with E-state index in [4.69, 9.17) is 36.7 Å². The van der Waals surface area contributed by atoms with Gasteiger partial charge in [-0.05, 0) is 38.5 Å². The summed E-state index contributed by atoms with van der Waals surface area (Å²) in [5, 5.41) is 7.63. The molecule has 0 radical (unpaired) electrons. The largest absolute Gasteiger partial charge is 0.378 e. The van der Waals surface area contributed by atoms with Crippen molar-refractivity contribution >= 4 is 62.6 Å². The Morgan fingerprint density at radius 1 is 0.316 bits per heavy atom. The van der Waals surface area contributed by atoms with Gasteiger partial charge in [-0.25, -0.2) is 0 Å². The normalized spacial score (nSPS) is 11.4. The summed E-state index contributed by atoms with van der Waals surface area (Å²) in [5.41, 5.74) is 0. The Kier molecular flexibility index (Phi) is 49.1. The van der Waals surface area contributed by atoms with Crippen molar-refractivity contribution in [1.82, 2.24) is 10.6 Å². The standard InChI is InChI=1S/C51H100N2S4/c1-4-7-10-13-16-19-22-25-28-31-34-37-40-43-49(54)52-46-48(57-51(56)45-42-39-36-33-30-27-24-21-18-15-12-9-6-3)47-53-50(55)44-41-38-35-32-29-26-23-20-17-14-11-8-5-2/h48H,4-47H2,1-3H3,(H,52,54)(H,53,55). The van der Waals surface area contributed by atoms with Crippen molar-refractivity contribution in [3.05, 3.63) is 0 Å². The summed E-state index contributed by atoms with van der Waals surface area (Å²) in [7, 11) is 0. The lowest BCUT2D eigenvalue weighted by atomic mass is 10.0. The van der Waals surface area contributed by atoms with Gasteiger partial charge in [0.05, 0.1) is 9.98 Å². The van der Waals surface area contributed by atoms with Crippen LogP contribution in [0.4, 0.5) is 0 Å². The molecule has 0 heterocycles. The van der Waals surface area contributed by atoms with E-state index in [0.29, 0.717) is 5.25 Å². The molecule has 0 amide bonds. The van der Waals surface area contributed by atoms with Gasteiger partial charge in [0, 0.05) is 22.5 Å². The number of hydrogen-bond acceptors (Lipinski definition) is 4. The molecule has 6 heteroatoms. The second kappa shape index (κ2) is 48.9. The smallest absolute Gasteiger partial charge is 0.0753 e. The first-order chi connectivity index (χ1) is 28.0. The maximum atomic E-state index is 5.95. The van der Waals surface area contributed by atoms with Gasteiger partial charge in [-0.3, -0.25) is 0 Å². The summed E-state index contributed by atoms with van der Waals surface area (Å²) in [5.74, 6) is 0. The van der Waals surface area contributed by atoms with Gasteiger partial charge in [0.1, 0.15) is 0 Å². The van der Waals surface area contributed by atoms with Crippen LogP contribution in [0, 0.1) is 0 Å². The third kappa shape index (κ3) is 47.1. The zero-order chi connectivity index (χ0) is 41.5. The second-order valence-corrected chi connectivity index (χ2v) is 20.8. The van der Waals surface area contributed by atoms with E-state index in [1.807, 2.05) is 11.8 Å². The van der Waals surface area contributed by atoms with Crippen LogP contribution in [0.2, 0.25) is 0 Å². The first-order valence-electron chi connectivity index (χ1n) is 25.8. The Bertz CT molecular complexity index is 803. The Balaban J connectivity index is 4.31. The van der Waals surface area contributed by atoms with Crippen LogP contribution in [-0.2, 0) is 0 Å². The van der Waals surface area contributed by atoms with E-state index in [1.165, 1.54) is 250 Å². The van der Waals surface area contributed by atoms with Gasteiger partial charge >= 0.3 is 0 Å². The van der Waals surface area contributed by atoms with E-state index in [9.17, 15) is 0 Å². The monoisotopic (exact) mass is 869 g/mol. The molecule has 0 aromatic heterocycles. The predicted molar refractivity (Wildman–Crippen MR) is 276 cm³/mol. The minimum Gasteiger partial charge on any atom is -0.378 e. The average molecular weight is 870 g/mol. The van der Waals surface area contributed by atoms with Crippen molar-refractivity contribution in [1.29, 1.82) is 0 Å². The Labute approximate surface area is 379 Å². The number of rotatable bonds is 47. The van der Waals surface area contributed by atoms with E-state index in [2.05, 4.69) is 31.4 Å². The summed E-state index contributed by atoms with van der Waals surface area (Å²) in [6, 6.07) is 0. The van der Waals surface area contributed by atoms with Crippen LogP contribution in [0.3, 0.4) is 0 Å². The fourth-order valence-corrected chi connectivity index (χ4v) is 9.90. The molecular formula is C51H100N2S4. The summed E-state index contributed by atoms with van der Waals surface area (Å²) in [6.45, 7) is 8.64. The van der Waals surface area contributed by atoms with E-state index in [0.717, 1.165) is 46.5 Å². The maximum absolute atomic E-state index is 5.95. The number of thiocarbonyl (C=S) groups is 3. The third-order valence-electron chi connectivity index (χ3n) is 11.9. The fraction of sp³-hybridized carbons (Fsp3) is 0.941. The number of unbranched alkanes of at least 4 members (excludes halogenated alkanes) is 36. The molecule has 0 fully saturated rings. The quantitative estimate of drug-likeness (QED) is 0.0467. The van der Waals surface area contributed by atoms with E-state index < -0.39 is 0 Å². The number of hydrogen-bond donors (Lipinski definition) is 2. The maximum Gasteiger partial charge on any atom is 0.0753 e.